The van der Waals surface area contributed by atoms with Gasteiger partial charge in [0.25, 0.3) is 0 Å². The van der Waals surface area contributed by atoms with Crippen LogP contribution in [0.2, 0.25) is 0 Å². The SMILES string of the molecule is CCC(C)(C)CC(C)(C)CNC(=O)CCN(C)CCCN(CCC(=O)NCC(C)(C)CC(C)(C)C)CCC(=O)NCC(C)(C)CC(C)(C)C. The summed E-state index contributed by atoms with van der Waals surface area (Å²) in [5.74, 6) is 0.221. The van der Waals surface area contributed by atoms with Crippen LogP contribution in [0.25, 0.3) is 0 Å². The average molecular weight is 694 g/mol. The van der Waals surface area contributed by atoms with Gasteiger partial charge in [-0.2, -0.15) is 0 Å². The number of nitrogens with one attached hydrogen (secondary N) is 3. The van der Waals surface area contributed by atoms with Crippen LogP contribution in [0, 0.1) is 32.5 Å². The lowest BCUT2D eigenvalue weighted by Crippen LogP contribution is -2.40. The van der Waals surface area contributed by atoms with Crippen molar-refractivity contribution in [3.05, 3.63) is 0 Å². The number of hydrogen-bond donors (Lipinski definition) is 3. The fourth-order valence-corrected chi connectivity index (χ4v) is 7.58. The Labute approximate surface area is 304 Å². The third kappa shape index (κ3) is 26.8. The number of hydrogen-bond acceptors (Lipinski definition) is 5. The fourth-order valence-electron chi connectivity index (χ4n) is 7.58. The maximum Gasteiger partial charge on any atom is 0.221 e. The van der Waals surface area contributed by atoms with E-state index in [1.807, 2.05) is 0 Å². The van der Waals surface area contributed by atoms with Crippen molar-refractivity contribution in [2.75, 3.05) is 59.4 Å². The normalized spacial score (nSPS) is 13.6. The van der Waals surface area contributed by atoms with Crippen molar-refractivity contribution in [1.82, 2.24) is 25.8 Å². The quantitative estimate of drug-likeness (QED) is 0.0956. The van der Waals surface area contributed by atoms with E-state index in [0.29, 0.717) is 58.5 Å². The van der Waals surface area contributed by atoms with Gasteiger partial charge in [0.1, 0.15) is 0 Å². The van der Waals surface area contributed by atoms with Crippen LogP contribution < -0.4 is 16.0 Å². The molecule has 0 aromatic carbocycles. The molecule has 0 unspecified atom stereocenters. The Morgan fingerprint density at radius 3 is 1.16 bits per heavy atom. The molecule has 0 fully saturated rings. The van der Waals surface area contributed by atoms with Crippen LogP contribution >= 0.6 is 0 Å². The van der Waals surface area contributed by atoms with Crippen molar-refractivity contribution < 1.29 is 14.4 Å². The van der Waals surface area contributed by atoms with Gasteiger partial charge >= 0.3 is 0 Å². The first kappa shape index (κ1) is 47.3. The molecule has 49 heavy (non-hydrogen) atoms. The van der Waals surface area contributed by atoms with Crippen LogP contribution in [-0.2, 0) is 14.4 Å². The van der Waals surface area contributed by atoms with Crippen LogP contribution in [0.1, 0.15) is 155 Å². The summed E-state index contributed by atoms with van der Waals surface area (Å²) in [6.07, 6.45) is 6.45. The molecule has 0 atom stereocenters. The lowest BCUT2D eigenvalue weighted by Gasteiger charge is -2.34. The maximum absolute atomic E-state index is 12.9. The van der Waals surface area contributed by atoms with E-state index in [-0.39, 0.29) is 50.2 Å². The molecule has 0 radical (unpaired) electrons. The highest BCUT2D eigenvalue weighted by atomic mass is 16.2. The molecule has 0 aliphatic carbocycles. The van der Waals surface area contributed by atoms with Crippen molar-refractivity contribution in [2.45, 2.75) is 155 Å². The van der Waals surface area contributed by atoms with Crippen molar-refractivity contribution in [1.29, 1.82) is 0 Å². The van der Waals surface area contributed by atoms with Crippen molar-refractivity contribution in [2.24, 2.45) is 32.5 Å². The zero-order chi connectivity index (χ0) is 38.3. The topological polar surface area (TPSA) is 93.8 Å². The molecule has 0 bridgehead atoms. The third-order valence-electron chi connectivity index (χ3n) is 9.27. The molecule has 0 heterocycles. The van der Waals surface area contributed by atoms with E-state index in [1.165, 1.54) is 0 Å². The Morgan fingerprint density at radius 2 is 0.816 bits per heavy atom. The fraction of sp³-hybridized carbons (Fsp3) is 0.927. The van der Waals surface area contributed by atoms with Crippen molar-refractivity contribution >= 4 is 17.7 Å². The molecule has 0 saturated carbocycles. The summed E-state index contributed by atoms with van der Waals surface area (Å²) in [6.45, 7) is 39.1. The van der Waals surface area contributed by atoms with E-state index in [1.54, 1.807) is 0 Å². The minimum atomic E-state index is 0.0239. The molecular formula is C41H83N5O3. The molecule has 3 amide bonds. The number of carbonyl (C=O) groups is 3. The van der Waals surface area contributed by atoms with Gasteiger partial charge in [0.15, 0.2) is 0 Å². The summed E-state index contributed by atoms with van der Waals surface area (Å²) in [4.78, 5) is 42.9. The summed E-state index contributed by atoms with van der Waals surface area (Å²) < 4.78 is 0. The summed E-state index contributed by atoms with van der Waals surface area (Å²) in [5.41, 5.74) is 0.776. The number of carbonyl (C=O) groups excluding carboxylic acids is 3. The second kappa shape index (κ2) is 20.4. The highest BCUT2D eigenvalue weighted by Crippen LogP contribution is 2.36. The summed E-state index contributed by atoms with van der Waals surface area (Å²) >= 11 is 0. The first-order valence-electron chi connectivity index (χ1n) is 19.3. The van der Waals surface area contributed by atoms with Gasteiger partial charge in [0.05, 0.1) is 0 Å². The van der Waals surface area contributed by atoms with Crippen LogP contribution in [0.4, 0.5) is 0 Å². The Kier molecular flexibility index (Phi) is 19.7. The van der Waals surface area contributed by atoms with E-state index in [4.69, 9.17) is 0 Å². The van der Waals surface area contributed by atoms with E-state index in [9.17, 15) is 14.4 Å². The average Bonchev–Trinajstić information content (AvgIpc) is 2.91. The molecule has 0 aromatic rings. The van der Waals surface area contributed by atoms with Gasteiger partial charge in [0, 0.05) is 58.5 Å². The second-order valence-corrected chi connectivity index (χ2v) is 20.7. The molecular weight excluding hydrogens is 610 g/mol. The Morgan fingerprint density at radius 1 is 0.469 bits per heavy atom. The predicted molar refractivity (Wildman–Crippen MR) is 210 cm³/mol. The van der Waals surface area contributed by atoms with Gasteiger partial charge in [-0.25, -0.2) is 0 Å². The summed E-state index contributed by atoms with van der Waals surface area (Å²) in [6, 6.07) is 0. The lowest BCUT2D eigenvalue weighted by molar-refractivity contribution is -0.123. The molecule has 3 N–H and O–H groups in total. The minimum Gasteiger partial charge on any atom is -0.356 e. The molecule has 0 saturated heterocycles. The number of nitrogens with zero attached hydrogens (tertiary/aromatic N) is 2. The summed E-state index contributed by atoms with van der Waals surface area (Å²) in [5, 5.41) is 9.50. The third-order valence-corrected chi connectivity index (χ3v) is 9.27. The van der Waals surface area contributed by atoms with Gasteiger partial charge in [-0.05, 0) is 78.3 Å². The lowest BCUT2D eigenvalue weighted by atomic mass is 9.73. The highest BCUT2D eigenvalue weighted by molar-refractivity contribution is 5.77. The summed E-state index contributed by atoms with van der Waals surface area (Å²) in [7, 11) is 2.06. The van der Waals surface area contributed by atoms with Crippen LogP contribution in [-0.4, -0.2) is 86.9 Å². The monoisotopic (exact) mass is 694 g/mol. The van der Waals surface area contributed by atoms with Gasteiger partial charge < -0.3 is 25.8 Å². The first-order valence-corrected chi connectivity index (χ1v) is 19.3. The van der Waals surface area contributed by atoms with Crippen LogP contribution in [0.15, 0.2) is 0 Å². The van der Waals surface area contributed by atoms with Gasteiger partial charge in [0.2, 0.25) is 17.7 Å². The molecule has 0 aliphatic rings. The molecule has 290 valence electrons. The molecule has 0 rings (SSSR count). The van der Waals surface area contributed by atoms with Crippen LogP contribution in [0.3, 0.4) is 0 Å². The van der Waals surface area contributed by atoms with E-state index in [0.717, 1.165) is 45.2 Å². The zero-order valence-electron chi connectivity index (χ0n) is 35.4. The highest BCUT2D eigenvalue weighted by Gasteiger charge is 2.29. The van der Waals surface area contributed by atoms with Crippen molar-refractivity contribution in [3.8, 4) is 0 Å². The zero-order valence-corrected chi connectivity index (χ0v) is 35.4. The van der Waals surface area contributed by atoms with E-state index >= 15 is 0 Å². The first-order chi connectivity index (χ1) is 22.0. The second-order valence-electron chi connectivity index (χ2n) is 20.7. The van der Waals surface area contributed by atoms with Crippen molar-refractivity contribution in [3.63, 3.8) is 0 Å². The number of rotatable bonds is 24. The van der Waals surface area contributed by atoms with Gasteiger partial charge in [-0.1, -0.05) is 110 Å². The Hall–Kier alpha value is -1.67. The Bertz CT molecular complexity index is 940. The van der Waals surface area contributed by atoms with E-state index in [2.05, 4.69) is 137 Å². The number of amides is 3. The predicted octanol–water partition coefficient (Wildman–Crippen LogP) is 7.91. The minimum absolute atomic E-state index is 0.0239. The largest absolute Gasteiger partial charge is 0.356 e. The molecule has 0 aliphatic heterocycles. The maximum atomic E-state index is 12.9. The molecule has 0 aromatic heterocycles. The standard InChI is InChI=1S/C41H83N5O3/c1-17-38(8,9)29-41(14,15)32-44-33(47)19-24-45(16)22-18-23-46(25-20-34(48)42-30-39(10,11)27-36(2,3)4)26-21-35(49)43-31-40(12,13)28-37(5,6)7/h17-32H2,1-16H3,(H,42,48)(H,43,49)(H,44,47). The van der Waals surface area contributed by atoms with Crippen LogP contribution in [0.5, 0.6) is 0 Å². The van der Waals surface area contributed by atoms with Gasteiger partial charge in [-0.15, -0.1) is 0 Å². The molecule has 8 nitrogen and oxygen atoms in total. The van der Waals surface area contributed by atoms with E-state index < -0.39 is 0 Å². The van der Waals surface area contributed by atoms with Gasteiger partial charge in [-0.3, -0.25) is 14.4 Å². The Balaban J connectivity index is 5.01. The molecule has 8 heteroatoms. The molecule has 0 spiro atoms. The smallest absolute Gasteiger partial charge is 0.221 e.